The zero-order valence-electron chi connectivity index (χ0n) is 12.3. The summed E-state index contributed by atoms with van der Waals surface area (Å²) in [6.45, 7) is 0.606. The van der Waals surface area contributed by atoms with Crippen molar-refractivity contribution in [2.75, 3.05) is 10.6 Å². The number of benzene rings is 1. The third-order valence-corrected chi connectivity index (χ3v) is 3.25. The van der Waals surface area contributed by atoms with Gasteiger partial charge in [-0.25, -0.2) is 4.98 Å². The summed E-state index contributed by atoms with van der Waals surface area (Å²) in [7, 11) is 0. The Bertz CT molecular complexity index is 672. The molecule has 0 saturated carbocycles. The number of hydrogen-bond donors (Lipinski definition) is 3. The molecule has 2 aromatic rings. The van der Waals surface area contributed by atoms with Crippen LogP contribution in [0.2, 0.25) is 5.02 Å². The highest BCUT2D eigenvalue weighted by molar-refractivity contribution is 6.30. The lowest BCUT2D eigenvalue weighted by Gasteiger charge is -2.08. The van der Waals surface area contributed by atoms with Crippen LogP contribution in [0.1, 0.15) is 18.4 Å². The first kappa shape index (κ1) is 16.8. The Morgan fingerprint density at radius 3 is 2.43 bits per heavy atom. The summed E-state index contributed by atoms with van der Waals surface area (Å²) in [6.07, 6.45) is 1.26. The topological polar surface area (TPSA) is 91.3 Å². The summed E-state index contributed by atoms with van der Waals surface area (Å²) >= 11 is 5.83. The first-order valence-electron chi connectivity index (χ1n) is 6.99. The van der Waals surface area contributed by atoms with Crippen molar-refractivity contribution in [2.24, 2.45) is 0 Å². The number of rotatable bonds is 7. The molecule has 0 atom stereocenters. The van der Waals surface area contributed by atoms with Gasteiger partial charge in [-0.3, -0.25) is 9.59 Å². The van der Waals surface area contributed by atoms with Gasteiger partial charge in [-0.1, -0.05) is 23.7 Å². The van der Waals surface area contributed by atoms with Gasteiger partial charge in [0.1, 0.15) is 5.82 Å². The molecule has 0 unspecified atom stereocenters. The van der Waals surface area contributed by atoms with Gasteiger partial charge < -0.3 is 15.7 Å². The zero-order valence-corrected chi connectivity index (χ0v) is 13.0. The highest BCUT2D eigenvalue weighted by atomic mass is 35.5. The lowest BCUT2D eigenvalue weighted by molar-refractivity contribution is -0.138. The van der Waals surface area contributed by atoms with Crippen LogP contribution in [-0.2, 0) is 16.1 Å². The van der Waals surface area contributed by atoms with E-state index in [0.29, 0.717) is 23.1 Å². The number of pyridine rings is 1. The number of carbonyl (C=O) groups is 2. The van der Waals surface area contributed by atoms with E-state index in [-0.39, 0.29) is 18.7 Å². The molecule has 0 aliphatic heterocycles. The molecule has 7 heteroatoms. The molecule has 1 aromatic heterocycles. The first-order chi connectivity index (χ1) is 11.0. The lowest BCUT2D eigenvalue weighted by atomic mass is 10.2. The Morgan fingerprint density at radius 1 is 1.09 bits per heavy atom. The smallest absolute Gasteiger partial charge is 0.303 e. The number of carbonyl (C=O) groups excluding carboxylic acids is 1. The highest BCUT2D eigenvalue weighted by Gasteiger charge is 2.06. The van der Waals surface area contributed by atoms with Gasteiger partial charge in [0.2, 0.25) is 5.91 Å². The van der Waals surface area contributed by atoms with Crippen LogP contribution in [0.5, 0.6) is 0 Å². The molecule has 0 fully saturated rings. The van der Waals surface area contributed by atoms with E-state index in [1.165, 1.54) is 6.20 Å². The number of nitrogens with one attached hydrogen (secondary N) is 2. The Balaban J connectivity index is 1.83. The second kappa shape index (κ2) is 8.14. The van der Waals surface area contributed by atoms with E-state index in [0.717, 1.165) is 5.56 Å². The second-order valence-electron chi connectivity index (χ2n) is 4.85. The molecule has 3 N–H and O–H groups in total. The molecule has 2 rings (SSSR count). The highest BCUT2D eigenvalue weighted by Crippen LogP contribution is 2.13. The molecule has 1 aromatic carbocycles. The van der Waals surface area contributed by atoms with E-state index in [4.69, 9.17) is 16.7 Å². The van der Waals surface area contributed by atoms with Crippen molar-refractivity contribution < 1.29 is 14.7 Å². The number of aliphatic carboxylic acids is 1. The Hall–Kier alpha value is -2.60. The fraction of sp³-hybridized carbons (Fsp3) is 0.188. The molecule has 0 aliphatic carbocycles. The maximum atomic E-state index is 11.5. The van der Waals surface area contributed by atoms with Gasteiger partial charge >= 0.3 is 5.97 Å². The third kappa shape index (κ3) is 5.96. The number of anilines is 2. The molecule has 0 saturated heterocycles. The zero-order chi connectivity index (χ0) is 16.7. The van der Waals surface area contributed by atoms with Gasteiger partial charge in [0.15, 0.2) is 0 Å². The van der Waals surface area contributed by atoms with Crippen molar-refractivity contribution >= 4 is 35.0 Å². The minimum absolute atomic E-state index is 0.0636. The average molecular weight is 334 g/mol. The number of carboxylic acids is 1. The standard InChI is InChI=1S/C16H16ClN3O3/c17-12-3-1-11(2-4-12)9-18-14-6-5-13(10-19-14)20-15(21)7-8-16(22)23/h1-6,10H,7-9H2,(H,18,19)(H,20,21)(H,22,23). The van der Waals surface area contributed by atoms with Crippen molar-refractivity contribution in [1.29, 1.82) is 0 Å². The predicted octanol–water partition coefficient (Wildman–Crippen LogP) is 3.15. The van der Waals surface area contributed by atoms with Crippen LogP contribution < -0.4 is 10.6 Å². The molecule has 0 spiro atoms. The largest absolute Gasteiger partial charge is 0.481 e. The van der Waals surface area contributed by atoms with Gasteiger partial charge in [0.05, 0.1) is 18.3 Å². The third-order valence-electron chi connectivity index (χ3n) is 3.00. The molecule has 0 aliphatic rings. The SMILES string of the molecule is O=C(O)CCC(=O)Nc1ccc(NCc2ccc(Cl)cc2)nc1. The number of halogens is 1. The number of carboxylic acid groups (broad SMARTS) is 1. The number of amides is 1. The van der Waals surface area contributed by atoms with Gasteiger partial charge in [0, 0.05) is 18.0 Å². The van der Waals surface area contributed by atoms with Crippen LogP contribution in [0.3, 0.4) is 0 Å². The summed E-state index contributed by atoms with van der Waals surface area (Å²) in [5.74, 6) is -0.681. The van der Waals surface area contributed by atoms with Gasteiger partial charge in [-0.05, 0) is 29.8 Å². The number of nitrogens with zero attached hydrogens (tertiary/aromatic N) is 1. The van der Waals surface area contributed by atoms with Crippen LogP contribution >= 0.6 is 11.6 Å². The monoisotopic (exact) mass is 333 g/mol. The van der Waals surface area contributed by atoms with E-state index in [2.05, 4.69) is 15.6 Å². The molecular weight excluding hydrogens is 318 g/mol. The predicted molar refractivity (Wildman–Crippen MR) is 88.5 cm³/mol. The van der Waals surface area contributed by atoms with Gasteiger partial charge in [0.25, 0.3) is 0 Å². The van der Waals surface area contributed by atoms with E-state index in [1.54, 1.807) is 12.1 Å². The molecular formula is C16H16ClN3O3. The lowest BCUT2D eigenvalue weighted by Crippen LogP contribution is -2.13. The first-order valence-corrected chi connectivity index (χ1v) is 7.37. The van der Waals surface area contributed by atoms with E-state index < -0.39 is 5.97 Å². The number of aromatic nitrogens is 1. The molecule has 0 bridgehead atoms. The minimum atomic E-state index is -1.000. The van der Waals surface area contributed by atoms with Gasteiger partial charge in [-0.2, -0.15) is 0 Å². The molecule has 1 amide bonds. The van der Waals surface area contributed by atoms with Crippen molar-refractivity contribution in [3.63, 3.8) is 0 Å². The van der Waals surface area contributed by atoms with E-state index in [9.17, 15) is 9.59 Å². The van der Waals surface area contributed by atoms with Crippen molar-refractivity contribution in [3.05, 3.63) is 53.2 Å². The number of hydrogen-bond acceptors (Lipinski definition) is 4. The van der Waals surface area contributed by atoms with Crippen LogP contribution in [-0.4, -0.2) is 22.0 Å². The second-order valence-corrected chi connectivity index (χ2v) is 5.29. The molecule has 23 heavy (non-hydrogen) atoms. The van der Waals surface area contributed by atoms with Gasteiger partial charge in [-0.15, -0.1) is 0 Å². The van der Waals surface area contributed by atoms with Crippen LogP contribution in [0.25, 0.3) is 0 Å². The van der Waals surface area contributed by atoms with Crippen molar-refractivity contribution in [3.8, 4) is 0 Å². The van der Waals surface area contributed by atoms with Crippen LogP contribution in [0.15, 0.2) is 42.6 Å². The Morgan fingerprint density at radius 2 is 1.83 bits per heavy atom. The van der Waals surface area contributed by atoms with Crippen molar-refractivity contribution in [2.45, 2.75) is 19.4 Å². The molecule has 6 nitrogen and oxygen atoms in total. The summed E-state index contributed by atoms with van der Waals surface area (Å²) < 4.78 is 0. The maximum Gasteiger partial charge on any atom is 0.303 e. The van der Waals surface area contributed by atoms with Crippen LogP contribution in [0.4, 0.5) is 11.5 Å². The minimum Gasteiger partial charge on any atom is -0.481 e. The average Bonchev–Trinajstić information content (AvgIpc) is 2.54. The van der Waals surface area contributed by atoms with Crippen LogP contribution in [0, 0.1) is 0 Å². The fourth-order valence-electron chi connectivity index (χ4n) is 1.81. The Kier molecular flexibility index (Phi) is 5.94. The quantitative estimate of drug-likeness (QED) is 0.724. The van der Waals surface area contributed by atoms with Crippen molar-refractivity contribution in [1.82, 2.24) is 4.98 Å². The fourth-order valence-corrected chi connectivity index (χ4v) is 1.94. The van der Waals surface area contributed by atoms with E-state index in [1.807, 2.05) is 24.3 Å². The summed E-state index contributed by atoms with van der Waals surface area (Å²) in [6, 6.07) is 10.9. The summed E-state index contributed by atoms with van der Waals surface area (Å²) in [4.78, 5) is 26.1. The summed E-state index contributed by atoms with van der Waals surface area (Å²) in [5, 5.41) is 15.0. The maximum absolute atomic E-state index is 11.5. The molecule has 0 radical (unpaired) electrons. The van der Waals surface area contributed by atoms with E-state index >= 15 is 0 Å². The molecule has 120 valence electrons. The Labute approximate surface area is 138 Å². The molecule has 1 heterocycles. The summed E-state index contributed by atoms with van der Waals surface area (Å²) in [5.41, 5.74) is 1.60. The normalized spacial score (nSPS) is 10.1.